The van der Waals surface area contributed by atoms with Crippen LogP contribution in [0.1, 0.15) is 45.3 Å². The van der Waals surface area contributed by atoms with E-state index in [9.17, 15) is 0 Å². The first-order chi connectivity index (χ1) is 26.7. The minimum atomic E-state index is -0.385. The van der Waals surface area contributed by atoms with E-state index in [2.05, 4.69) is 194 Å². The van der Waals surface area contributed by atoms with Gasteiger partial charge >= 0.3 is 0 Å². The van der Waals surface area contributed by atoms with Crippen molar-refractivity contribution < 1.29 is 9.47 Å². The van der Waals surface area contributed by atoms with Crippen LogP contribution in [0.15, 0.2) is 199 Å². The van der Waals surface area contributed by atoms with E-state index in [1.807, 2.05) is 12.1 Å². The summed E-state index contributed by atoms with van der Waals surface area (Å²) < 4.78 is 13.6. The lowest BCUT2D eigenvalue weighted by Crippen LogP contribution is -2.34. The van der Waals surface area contributed by atoms with Crippen LogP contribution >= 0.6 is 0 Å². The Morgan fingerprint density at radius 2 is 1.04 bits per heavy atom. The maximum Gasteiger partial charge on any atom is 0.174 e. The zero-order valence-electron chi connectivity index (χ0n) is 29.7. The van der Waals surface area contributed by atoms with E-state index >= 15 is 0 Å². The smallest absolute Gasteiger partial charge is 0.174 e. The van der Waals surface area contributed by atoms with Crippen molar-refractivity contribution in [2.75, 3.05) is 0 Å². The predicted molar refractivity (Wildman–Crippen MR) is 219 cm³/mol. The summed E-state index contributed by atoms with van der Waals surface area (Å²) in [4.78, 5) is 4.51. The average Bonchev–Trinajstić information content (AvgIpc) is 3.56. The summed E-state index contributed by atoms with van der Waals surface area (Å²) in [5, 5.41) is 0. The van der Waals surface area contributed by atoms with Gasteiger partial charge in [0.1, 0.15) is 0 Å². The molecule has 54 heavy (non-hydrogen) atoms. The second-order valence-corrected chi connectivity index (χ2v) is 14.3. The molecule has 7 aromatic rings. The van der Waals surface area contributed by atoms with E-state index < -0.39 is 0 Å². The molecule has 7 aromatic carbocycles. The number of rotatable bonds is 7. The van der Waals surface area contributed by atoms with Crippen LogP contribution in [0.3, 0.4) is 0 Å². The van der Waals surface area contributed by atoms with E-state index in [1.54, 1.807) is 0 Å². The molecule has 0 radical (unpaired) electrons. The zero-order valence-corrected chi connectivity index (χ0v) is 29.7. The van der Waals surface area contributed by atoms with Crippen LogP contribution in [0.2, 0.25) is 0 Å². The van der Waals surface area contributed by atoms with Gasteiger partial charge in [-0.05, 0) is 75.0 Å². The van der Waals surface area contributed by atoms with Crippen LogP contribution in [0.5, 0.6) is 23.0 Å². The van der Waals surface area contributed by atoms with Crippen LogP contribution in [-0.4, -0.2) is 6.72 Å². The van der Waals surface area contributed by atoms with Crippen LogP contribution in [0, 0.1) is 5.92 Å². The molecule has 0 aromatic heterocycles. The van der Waals surface area contributed by atoms with Crippen molar-refractivity contribution in [3.63, 3.8) is 0 Å². The average molecular weight is 696 g/mol. The fourth-order valence-electron chi connectivity index (χ4n) is 9.01. The molecule has 1 heterocycles. The molecule has 3 unspecified atom stereocenters. The number of ether oxygens (including phenoxy) is 2. The molecule has 3 aliphatic rings. The van der Waals surface area contributed by atoms with Gasteiger partial charge in [0.05, 0.1) is 11.5 Å². The summed E-state index contributed by atoms with van der Waals surface area (Å²) in [5.41, 5.74) is 11.3. The predicted octanol–water partition coefficient (Wildman–Crippen LogP) is 12.9. The number of hydrogen-bond donors (Lipinski definition) is 0. The number of allylic oxidation sites excluding steroid dienone is 4. The fourth-order valence-corrected chi connectivity index (χ4v) is 9.01. The van der Waals surface area contributed by atoms with Crippen molar-refractivity contribution in [1.29, 1.82) is 0 Å². The molecule has 3 nitrogen and oxygen atoms in total. The lowest BCUT2D eigenvalue weighted by molar-refractivity contribution is 0.355. The Morgan fingerprint density at radius 1 is 0.500 bits per heavy atom. The third kappa shape index (κ3) is 5.08. The van der Waals surface area contributed by atoms with Crippen LogP contribution in [0.4, 0.5) is 0 Å². The summed E-state index contributed by atoms with van der Waals surface area (Å²) in [5.74, 6) is 3.27. The first kappa shape index (κ1) is 32.0. The second kappa shape index (κ2) is 13.1. The molecule has 10 rings (SSSR count). The third-order valence-corrected chi connectivity index (χ3v) is 11.5. The van der Waals surface area contributed by atoms with E-state index in [4.69, 9.17) is 9.47 Å². The molecule has 0 N–H and O–H groups in total. The van der Waals surface area contributed by atoms with Gasteiger partial charge in [-0.15, -0.1) is 0 Å². The summed E-state index contributed by atoms with van der Waals surface area (Å²) >= 11 is 0. The quantitative estimate of drug-likeness (QED) is 0.155. The molecule has 0 amide bonds. The van der Waals surface area contributed by atoms with Crippen molar-refractivity contribution in [2.24, 2.45) is 10.9 Å². The lowest BCUT2D eigenvalue weighted by Gasteiger charge is -2.38. The van der Waals surface area contributed by atoms with Gasteiger partial charge in [0.15, 0.2) is 23.0 Å². The van der Waals surface area contributed by atoms with Gasteiger partial charge in [-0.2, -0.15) is 0 Å². The topological polar surface area (TPSA) is 30.8 Å². The van der Waals surface area contributed by atoms with Gasteiger partial charge in [0.2, 0.25) is 0 Å². The molecule has 0 fully saturated rings. The normalized spacial score (nSPS) is 17.6. The fraction of sp³-hybridized carbons (Fsp3) is 0.0784. The van der Waals surface area contributed by atoms with Crippen molar-refractivity contribution in [2.45, 2.75) is 17.4 Å². The van der Waals surface area contributed by atoms with Crippen molar-refractivity contribution in [3.8, 4) is 45.3 Å². The number of benzene rings is 7. The first-order valence-corrected chi connectivity index (χ1v) is 18.6. The molecule has 3 heteroatoms. The highest BCUT2D eigenvalue weighted by molar-refractivity contribution is 5.73. The van der Waals surface area contributed by atoms with Crippen LogP contribution in [-0.2, 0) is 5.41 Å². The highest BCUT2D eigenvalue weighted by Gasteiger charge is 2.54. The summed E-state index contributed by atoms with van der Waals surface area (Å²) in [6.07, 6.45) is 9.06. The standard InChI is InChI=1S/C51H37NO2/c1-52-49(37-25-21-35(22-26-37)34-13-5-2-6-14-34)38-27-23-36(24-28-38)39-29-31-45-47(33-39)53-46-32-30-44-48(50(46)54-45)42-19-11-12-20-43(42)51(44,40-15-7-3-8-16-40)41-17-9-4-10-18-41/h2-33,42-43,49H,1H2. The Labute approximate surface area is 316 Å². The lowest BCUT2D eigenvalue weighted by atomic mass is 9.63. The first-order valence-electron chi connectivity index (χ1n) is 18.6. The summed E-state index contributed by atoms with van der Waals surface area (Å²) in [6, 6.07) is 59.9. The SMILES string of the molecule is C=NC(c1ccc(-c2ccccc2)cc1)c1ccc(-c2ccc3c(c2)Oc2ccc4c(c2O3)C2C=CC=CC2C4(c2ccccc2)c2ccccc2)cc1. The molecule has 3 atom stereocenters. The number of nitrogens with zero attached hydrogens (tertiary/aromatic N) is 1. The van der Waals surface area contributed by atoms with E-state index in [1.165, 1.54) is 33.4 Å². The Bertz CT molecular complexity index is 2520. The number of fused-ring (bicyclic) bond motifs is 6. The molecule has 1 aliphatic heterocycles. The Balaban J connectivity index is 0.968. The van der Waals surface area contributed by atoms with Gasteiger partial charge in [-0.25, -0.2) is 0 Å². The van der Waals surface area contributed by atoms with E-state index in [0.29, 0.717) is 5.75 Å². The van der Waals surface area contributed by atoms with Gasteiger partial charge in [0.25, 0.3) is 0 Å². The maximum atomic E-state index is 6.87. The van der Waals surface area contributed by atoms with E-state index in [-0.39, 0.29) is 23.3 Å². The Kier molecular flexibility index (Phi) is 7.73. The van der Waals surface area contributed by atoms with E-state index in [0.717, 1.165) is 39.5 Å². The minimum Gasteiger partial charge on any atom is -0.449 e. The van der Waals surface area contributed by atoms with Gasteiger partial charge in [0, 0.05) is 17.4 Å². The largest absolute Gasteiger partial charge is 0.449 e. The monoisotopic (exact) mass is 695 g/mol. The second-order valence-electron chi connectivity index (χ2n) is 14.3. The molecule has 0 bridgehead atoms. The molecular formula is C51H37NO2. The van der Waals surface area contributed by atoms with Gasteiger partial charge < -0.3 is 9.47 Å². The molecule has 0 spiro atoms. The van der Waals surface area contributed by atoms with Gasteiger partial charge in [-0.3, -0.25) is 4.99 Å². The Hall–Kier alpha value is -6.71. The molecule has 0 saturated carbocycles. The highest BCUT2D eigenvalue weighted by atomic mass is 16.6. The number of aliphatic imine (C=N–C) groups is 1. The summed E-state index contributed by atoms with van der Waals surface area (Å²) in [7, 11) is 0. The number of hydrogen-bond acceptors (Lipinski definition) is 3. The molecule has 258 valence electrons. The van der Waals surface area contributed by atoms with Crippen LogP contribution in [0.25, 0.3) is 22.3 Å². The van der Waals surface area contributed by atoms with Crippen molar-refractivity contribution in [1.82, 2.24) is 0 Å². The Morgan fingerprint density at radius 3 is 1.67 bits per heavy atom. The van der Waals surface area contributed by atoms with Gasteiger partial charge in [-0.1, -0.05) is 176 Å². The minimum absolute atomic E-state index is 0.124. The highest BCUT2D eigenvalue weighted by Crippen LogP contribution is 2.64. The molecular weight excluding hydrogens is 659 g/mol. The third-order valence-electron chi connectivity index (χ3n) is 11.5. The van der Waals surface area contributed by atoms with Crippen molar-refractivity contribution >= 4 is 6.72 Å². The summed E-state index contributed by atoms with van der Waals surface area (Å²) in [6.45, 7) is 3.94. The maximum absolute atomic E-state index is 6.87. The zero-order chi connectivity index (χ0) is 36.1. The molecule has 0 saturated heterocycles. The molecule has 2 aliphatic carbocycles. The van der Waals surface area contributed by atoms with Crippen LogP contribution < -0.4 is 9.47 Å². The van der Waals surface area contributed by atoms with Crippen molar-refractivity contribution in [3.05, 3.63) is 228 Å².